The van der Waals surface area contributed by atoms with Crippen molar-refractivity contribution < 1.29 is 4.79 Å². The average molecular weight is 308 g/mol. The number of halogens is 3. The van der Waals surface area contributed by atoms with Crippen molar-refractivity contribution in [2.75, 3.05) is 5.32 Å². The van der Waals surface area contributed by atoms with Gasteiger partial charge in [-0.15, -0.1) is 11.3 Å². The summed E-state index contributed by atoms with van der Waals surface area (Å²) in [6.45, 7) is 0. The van der Waals surface area contributed by atoms with Crippen molar-refractivity contribution >= 4 is 57.2 Å². The highest BCUT2D eigenvalue weighted by molar-refractivity contribution is 7.13. The lowest BCUT2D eigenvalue weighted by Gasteiger charge is -2.05. The van der Waals surface area contributed by atoms with Crippen molar-refractivity contribution in [2.24, 2.45) is 0 Å². The fourth-order valence-electron chi connectivity index (χ4n) is 1.15. The number of anilines is 1. The van der Waals surface area contributed by atoms with Crippen molar-refractivity contribution in [3.8, 4) is 0 Å². The summed E-state index contributed by atoms with van der Waals surface area (Å²) in [5, 5.41) is 5.69. The summed E-state index contributed by atoms with van der Waals surface area (Å²) in [4.78, 5) is 15.8. The molecule has 0 radical (unpaired) electrons. The lowest BCUT2D eigenvalue weighted by atomic mass is 10.2. The number of aromatic nitrogens is 1. The van der Waals surface area contributed by atoms with E-state index < -0.39 is 0 Å². The summed E-state index contributed by atoms with van der Waals surface area (Å²) < 4.78 is 0. The summed E-state index contributed by atoms with van der Waals surface area (Å²) in [5.74, 6) is -0.372. The lowest BCUT2D eigenvalue weighted by Crippen LogP contribution is -2.12. The molecule has 3 nitrogen and oxygen atoms in total. The molecule has 17 heavy (non-hydrogen) atoms. The molecule has 1 aromatic carbocycles. The first-order valence-electron chi connectivity index (χ1n) is 4.43. The molecule has 1 heterocycles. The van der Waals surface area contributed by atoms with Gasteiger partial charge in [0.25, 0.3) is 5.91 Å². The van der Waals surface area contributed by atoms with E-state index in [2.05, 4.69) is 10.3 Å². The fourth-order valence-corrected chi connectivity index (χ4v) is 2.30. The summed E-state index contributed by atoms with van der Waals surface area (Å²) in [6.07, 6.45) is 1.59. The standard InChI is InChI=1S/C10H5Cl3N2OS/c11-6-4-8(13)7(12)3-5(6)9(16)15-10-14-1-2-17-10/h1-4H,(H,14,15,16). The topological polar surface area (TPSA) is 42.0 Å². The Bertz CT molecular complexity index is 557. The maximum Gasteiger partial charge on any atom is 0.259 e. The van der Waals surface area contributed by atoms with Gasteiger partial charge in [0.1, 0.15) is 0 Å². The number of amides is 1. The molecule has 88 valence electrons. The fraction of sp³-hybridized carbons (Fsp3) is 0. The van der Waals surface area contributed by atoms with Gasteiger partial charge in [-0.2, -0.15) is 0 Å². The predicted octanol–water partition coefficient (Wildman–Crippen LogP) is 4.36. The van der Waals surface area contributed by atoms with Gasteiger partial charge in [0.05, 0.1) is 20.6 Å². The van der Waals surface area contributed by atoms with Crippen LogP contribution in [-0.2, 0) is 0 Å². The van der Waals surface area contributed by atoms with Gasteiger partial charge >= 0.3 is 0 Å². The molecule has 0 saturated heterocycles. The number of hydrogen-bond acceptors (Lipinski definition) is 3. The molecule has 0 spiro atoms. The molecular weight excluding hydrogens is 303 g/mol. The molecule has 1 aromatic heterocycles. The Morgan fingerprint density at radius 1 is 1.18 bits per heavy atom. The van der Waals surface area contributed by atoms with E-state index in [0.717, 1.165) is 0 Å². The molecule has 0 saturated carbocycles. The normalized spacial score (nSPS) is 10.3. The van der Waals surface area contributed by atoms with E-state index in [0.29, 0.717) is 10.2 Å². The largest absolute Gasteiger partial charge is 0.298 e. The van der Waals surface area contributed by atoms with Gasteiger partial charge in [0.15, 0.2) is 5.13 Å². The molecule has 2 aromatic rings. The molecule has 0 atom stereocenters. The van der Waals surface area contributed by atoms with Gasteiger partial charge in [-0.25, -0.2) is 4.98 Å². The molecule has 0 unspecified atom stereocenters. The zero-order valence-corrected chi connectivity index (χ0v) is 11.3. The third-order valence-corrected chi connectivity index (χ3v) is 3.63. The number of thiazole rings is 1. The number of benzene rings is 1. The van der Waals surface area contributed by atoms with Crippen molar-refractivity contribution in [2.45, 2.75) is 0 Å². The highest BCUT2D eigenvalue weighted by atomic mass is 35.5. The molecule has 2 rings (SSSR count). The van der Waals surface area contributed by atoms with Gasteiger partial charge in [-0.3, -0.25) is 10.1 Å². The molecule has 0 aliphatic carbocycles. The molecule has 0 aliphatic heterocycles. The number of carbonyl (C=O) groups excluding carboxylic acids is 1. The SMILES string of the molecule is O=C(Nc1nccs1)c1cc(Cl)c(Cl)cc1Cl. The monoisotopic (exact) mass is 306 g/mol. The Kier molecular flexibility index (Phi) is 3.89. The Morgan fingerprint density at radius 3 is 2.53 bits per heavy atom. The van der Waals surface area contributed by atoms with E-state index in [1.807, 2.05) is 0 Å². The van der Waals surface area contributed by atoms with Gasteiger partial charge < -0.3 is 0 Å². The van der Waals surface area contributed by atoms with Crippen LogP contribution < -0.4 is 5.32 Å². The second-order valence-electron chi connectivity index (χ2n) is 3.04. The average Bonchev–Trinajstić information content (AvgIpc) is 2.76. The van der Waals surface area contributed by atoms with Crippen LogP contribution in [0.15, 0.2) is 23.7 Å². The smallest absolute Gasteiger partial charge is 0.259 e. The van der Waals surface area contributed by atoms with Crippen LogP contribution in [0.4, 0.5) is 5.13 Å². The van der Waals surface area contributed by atoms with E-state index in [9.17, 15) is 4.79 Å². The van der Waals surface area contributed by atoms with Crippen LogP contribution >= 0.6 is 46.1 Å². The van der Waals surface area contributed by atoms with E-state index in [4.69, 9.17) is 34.8 Å². The highest BCUT2D eigenvalue weighted by Crippen LogP contribution is 2.29. The number of nitrogens with one attached hydrogen (secondary N) is 1. The summed E-state index contributed by atoms with van der Waals surface area (Å²) in [5.41, 5.74) is 0.260. The zero-order valence-electron chi connectivity index (χ0n) is 8.21. The highest BCUT2D eigenvalue weighted by Gasteiger charge is 2.14. The van der Waals surface area contributed by atoms with E-state index in [1.165, 1.54) is 23.5 Å². The summed E-state index contributed by atoms with van der Waals surface area (Å²) in [7, 11) is 0. The van der Waals surface area contributed by atoms with Gasteiger partial charge in [-0.05, 0) is 12.1 Å². The Hall–Kier alpha value is -0.810. The third-order valence-electron chi connectivity index (χ3n) is 1.91. The van der Waals surface area contributed by atoms with Crippen LogP contribution in [0.25, 0.3) is 0 Å². The summed E-state index contributed by atoms with van der Waals surface area (Å²) >= 11 is 18.8. The van der Waals surface area contributed by atoms with E-state index in [1.54, 1.807) is 11.6 Å². The summed E-state index contributed by atoms with van der Waals surface area (Å²) in [6, 6.07) is 2.86. The minimum Gasteiger partial charge on any atom is -0.298 e. The number of rotatable bonds is 2. The molecule has 1 N–H and O–H groups in total. The van der Waals surface area contributed by atoms with Crippen LogP contribution in [0.5, 0.6) is 0 Å². The van der Waals surface area contributed by atoms with Crippen LogP contribution in [0.2, 0.25) is 15.1 Å². The number of carbonyl (C=O) groups is 1. The van der Waals surface area contributed by atoms with E-state index in [-0.39, 0.29) is 21.5 Å². The first kappa shape index (κ1) is 12.6. The maximum atomic E-state index is 11.9. The first-order chi connectivity index (χ1) is 8.08. The molecule has 1 amide bonds. The van der Waals surface area contributed by atoms with Crippen LogP contribution in [0.3, 0.4) is 0 Å². The Balaban J connectivity index is 2.28. The van der Waals surface area contributed by atoms with Crippen LogP contribution in [0.1, 0.15) is 10.4 Å². The molecular formula is C10H5Cl3N2OS. The first-order valence-corrected chi connectivity index (χ1v) is 6.44. The van der Waals surface area contributed by atoms with Gasteiger partial charge in [-0.1, -0.05) is 34.8 Å². The maximum absolute atomic E-state index is 11.9. The van der Waals surface area contributed by atoms with Crippen molar-refractivity contribution in [3.05, 3.63) is 44.3 Å². The van der Waals surface area contributed by atoms with Crippen molar-refractivity contribution in [1.29, 1.82) is 0 Å². The molecule has 0 fully saturated rings. The minimum atomic E-state index is -0.372. The number of nitrogens with zero attached hydrogens (tertiary/aromatic N) is 1. The molecule has 0 aliphatic rings. The number of hydrogen-bond donors (Lipinski definition) is 1. The van der Waals surface area contributed by atoms with E-state index >= 15 is 0 Å². The minimum absolute atomic E-state index is 0.244. The Labute approximate surface area is 116 Å². The van der Waals surface area contributed by atoms with Crippen LogP contribution in [-0.4, -0.2) is 10.9 Å². The molecule has 0 bridgehead atoms. The predicted molar refractivity (Wildman–Crippen MR) is 71.5 cm³/mol. The quantitative estimate of drug-likeness (QED) is 0.838. The third kappa shape index (κ3) is 2.90. The zero-order chi connectivity index (χ0) is 12.4. The van der Waals surface area contributed by atoms with Gasteiger partial charge in [0.2, 0.25) is 0 Å². The van der Waals surface area contributed by atoms with Crippen LogP contribution in [0, 0.1) is 0 Å². The lowest BCUT2D eigenvalue weighted by molar-refractivity contribution is 0.102. The molecule has 7 heteroatoms. The van der Waals surface area contributed by atoms with Crippen molar-refractivity contribution in [1.82, 2.24) is 4.98 Å². The second-order valence-corrected chi connectivity index (χ2v) is 5.15. The Morgan fingerprint density at radius 2 is 1.88 bits per heavy atom. The second kappa shape index (κ2) is 5.23. The van der Waals surface area contributed by atoms with Crippen molar-refractivity contribution in [3.63, 3.8) is 0 Å². The van der Waals surface area contributed by atoms with Gasteiger partial charge in [0, 0.05) is 11.6 Å².